The number of H-pyrrole nitrogens is 1. The second kappa shape index (κ2) is 8.80. The molecular weight excluding hydrogens is 413 g/mol. The fourth-order valence-electron chi connectivity index (χ4n) is 3.74. The third-order valence-electron chi connectivity index (χ3n) is 5.60. The number of nitrogens with zero attached hydrogens (tertiary/aromatic N) is 3. The minimum atomic E-state index is -0.388. The number of halogens is 1. The molecule has 1 amide bonds. The number of carbonyl (C=O) groups is 1. The van der Waals surface area contributed by atoms with Crippen molar-refractivity contribution in [2.75, 3.05) is 29.9 Å². The van der Waals surface area contributed by atoms with Gasteiger partial charge in [-0.1, -0.05) is 0 Å². The third kappa shape index (κ3) is 4.97. The highest BCUT2D eigenvalue weighted by Gasteiger charge is 2.27. The summed E-state index contributed by atoms with van der Waals surface area (Å²) in [7, 11) is 0. The lowest BCUT2D eigenvalue weighted by molar-refractivity contribution is 0.102. The van der Waals surface area contributed by atoms with Gasteiger partial charge < -0.3 is 5.32 Å². The highest BCUT2D eigenvalue weighted by molar-refractivity contribution is 7.99. The van der Waals surface area contributed by atoms with Crippen LogP contribution < -0.4 is 5.32 Å². The quantitative estimate of drug-likeness (QED) is 0.602. The SMILES string of the molecule is O=C(Nc1ccc(-c2n[nH]c(C3CC3)n2)cc1)c1cc(F)cc(CN2CCSCC2)c1. The van der Waals surface area contributed by atoms with Crippen LogP contribution in [0.1, 0.15) is 40.5 Å². The van der Waals surface area contributed by atoms with Crippen LogP contribution in [0.4, 0.5) is 10.1 Å². The molecule has 3 aromatic rings. The van der Waals surface area contributed by atoms with Crippen molar-refractivity contribution in [3.8, 4) is 11.4 Å². The first-order valence-corrected chi connectivity index (χ1v) is 11.7. The van der Waals surface area contributed by atoms with E-state index in [0.717, 1.165) is 41.5 Å². The van der Waals surface area contributed by atoms with Crippen molar-refractivity contribution in [1.82, 2.24) is 20.1 Å². The summed E-state index contributed by atoms with van der Waals surface area (Å²) in [5.74, 6) is 3.59. The Bertz CT molecular complexity index is 1070. The van der Waals surface area contributed by atoms with Crippen molar-refractivity contribution < 1.29 is 9.18 Å². The molecule has 160 valence electrons. The van der Waals surface area contributed by atoms with E-state index in [1.807, 2.05) is 36.0 Å². The number of aromatic amines is 1. The van der Waals surface area contributed by atoms with Gasteiger partial charge in [0.05, 0.1) is 0 Å². The fraction of sp³-hybridized carbons (Fsp3) is 0.348. The van der Waals surface area contributed by atoms with Gasteiger partial charge in [-0.05, 0) is 60.9 Å². The van der Waals surface area contributed by atoms with Crippen LogP contribution in [0.5, 0.6) is 0 Å². The van der Waals surface area contributed by atoms with Crippen molar-refractivity contribution in [3.05, 3.63) is 65.2 Å². The summed E-state index contributed by atoms with van der Waals surface area (Å²) in [6, 6.07) is 12.0. The van der Waals surface area contributed by atoms with E-state index >= 15 is 0 Å². The molecule has 2 heterocycles. The van der Waals surface area contributed by atoms with E-state index < -0.39 is 0 Å². The van der Waals surface area contributed by atoms with Crippen molar-refractivity contribution in [2.24, 2.45) is 0 Å². The Balaban J connectivity index is 1.25. The summed E-state index contributed by atoms with van der Waals surface area (Å²) in [6.07, 6.45) is 2.33. The van der Waals surface area contributed by atoms with Gasteiger partial charge in [-0.15, -0.1) is 0 Å². The van der Waals surface area contributed by atoms with Crippen LogP contribution in [-0.2, 0) is 6.54 Å². The van der Waals surface area contributed by atoms with E-state index in [-0.39, 0.29) is 11.7 Å². The molecule has 1 aromatic heterocycles. The number of anilines is 1. The zero-order chi connectivity index (χ0) is 21.2. The Hall–Kier alpha value is -2.71. The second-order valence-corrected chi connectivity index (χ2v) is 9.31. The van der Waals surface area contributed by atoms with Crippen LogP contribution in [-0.4, -0.2) is 50.6 Å². The number of aromatic nitrogens is 3. The Labute approximate surface area is 184 Å². The van der Waals surface area contributed by atoms with Gasteiger partial charge in [-0.25, -0.2) is 9.37 Å². The Morgan fingerprint density at radius 3 is 2.68 bits per heavy atom. The monoisotopic (exact) mass is 437 g/mol. The Kier molecular flexibility index (Phi) is 5.74. The van der Waals surface area contributed by atoms with Gasteiger partial charge in [0.15, 0.2) is 5.82 Å². The highest BCUT2D eigenvalue weighted by Crippen LogP contribution is 2.38. The number of rotatable bonds is 6. The van der Waals surface area contributed by atoms with Crippen LogP contribution in [0.3, 0.4) is 0 Å². The van der Waals surface area contributed by atoms with E-state index in [9.17, 15) is 9.18 Å². The predicted octanol–water partition coefficient (Wildman–Crippen LogP) is 4.29. The summed E-state index contributed by atoms with van der Waals surface area (Å²) in [6.45, 7) is 2.64. The molecule has 2 aliphatic rings. The van der Waals surface area contributed by atoms with Crippen LogP contribution in [0.15, 0.2) is 42.5 Å². The summed E-state index contributed by atoms with van der Waals surface area (Å²) < 4.78 is 14.2. The normalized spacial score (nSPS) is 16.9. The van der Waals surface area contributed by atoms with Crippen molar-refractivity contribution in [1.29, 1.82) is 0 Å². The van der Waals surface area contributed by atoms with E-state index in [0.29, 0.717) is 29.5 Å². The number of hydrogen-bond donors (Lipinski definition) is 2. The summed E-state index contributed by atoms with van der Waals surface area (Å²) in [4.78, 5) is 19.6. The van der Waals surface area contributed by atoms with Gasteiger partial charge in [0.1, 0.15) is 11.6 Å². The lowest BCUT2D eigenvalue weighted by atomic mass is 10.1. The summed E-state index contributed by atoms with van der Waals surface area (Å²) in [5.41, 5.74) is 2.68. The van der Waals surface area contributed by atoms with E-state index in [1.54, 1.807) is 6.07 Å². The van der Waals surface area contributed by atoms with E-state index in [4.69, 9.17) is 0 Å². The molecule has 2 fully saturated rings. The highest BCUT2D eigenvalue weighted by atomic mass is 32.2. The number of benzene rings is 2. The van der Waals surface area contributed by atoms with Gasteiger partial charge >= 0.3 is 0 Å². The maximum Gasteiger partial charge on any atom is 0.255 e. The molecule has 5 rings (SSSR count). The largest absolute Gasteiger partial charge is 0.322 e. The molecule has 0 atom stereocenters. The van der Waals surface area contributed by atoms with Crippen LogP contribution >= 0.6 is 11.8 Å². The van der Waals surface area contributed by atoms with Crippen molar-refractivity contribution in [3.63, 3.8) is 0 Å². The molecule has 2 N–H and O–H groups in total. The topological polar surface area (TPSA) is 73.9 Å². The molecule has 1 aliphatic heterocycles. The minimum absolute atomic E-state index is 0.323. The fourth-order valence-corrected chi connectivity index (χ4v) is 4.72. The molecule has 8 heteroatoms. The van der Waals surface area contributed by atoms with Crippen LogP contribution in [0.2, 0.25) is 0 Å². The van der Waals surface area contributed by atoms with Gasteiger partial charge in [-0.3, -0.25) is 14.8 Å². The molecule has 1 saturated carbocycles. The van der Waals surface area contributed by atoms with Gasteiger partial charge in [0.2, 0.25) is 0 Å². The molecule has 1 aliphatic carbocycles. The Morgan fingerprint density at radius 2 is 1.94 bits per heavy atom. The summed E-state index contributed by atoms with van der Waals surface area (Å²) in [5, 5.41) is 10.1. The Morgan fingerprint density at radius 1 is 1.16 bits per heavy atom. The minimum Gasteiger partial charge on any atom is -0.322 e. The van der Waals surface area contributed by atoms with E-state index in [2.05, 4.69) is 25.4 Å². The van der Waals surface area contributed by atoms with E-state index in [1.165, 1.54) is 25.0 Å². The number of nitrogens with one attached hydrogen (secondary N) is 2. The van der Waals surface area contributed by atoms with Crippen molar-refractivity contribution >= 4 is 23.4 Å². The molecule has 0 bridgehead atoms. The standard InChI is InChI=1S/C23H24FN5OS/c24-19-12-15(14-29-7-9-31-10-8-29)11-18(13-19)23(30)25-20-5-3-17(4-6-20)22-26-21(27-28-22)16-1-2-16/h3-6,11-13,16H,1-2,7-10,14H2,(H,25,30)(H,26,27,28). The van der Waals surface area contributed by atoms with Crippen LogP contribution in [0, 0.1) is 5.82 Å². The first-order valence-electron chi connectivity index (χ1n) is 10.6. The summed E-state index contributed by atoms with van der Waals surface area (Å²) >= 11 is 1.94. The molecule has 2 aromatic carbocycles. The number of hydrogen-bond acceptors (Lipinski definition) is 5. The molecule has 0 spiro atoms. The second-order valence-electron chi connectivity index (χ2n) is 8.09. The molecule has 31 heavy (non-hydrogen) atoms. The number of carbonyl (C=O) groups excluding carboxylic acids is 1. The molecular formula is C23H24FN5OS. The van der Waals surface area contributed by atoms with Crippen LogP contribution in [0.25, 0.3) is 11.4 Å². The average Bonchev–Trinajstić information content (AvgIpc) is 3.51. The lowest BCUT2D eigenvalue weighted by Gasteiger charge is -2.26. The number of thioether (sulfide) groups is 1. The van der Waals surface area contributed by atoms with Crippen molar-refractivity contribution in [2.45, 2.75) is 25.3 Å². The average molecular weight is 438 g/mol. The molecule has 0 radical (unpaired) electrons. The molecule has 0 unspecified atom stereocenters. The smallest absolute Gasteiger partial charge is 0.255 e. The van der Waals surface area contributed by atoms with Gasteiger partial charge in [-0.2, -0.15) is 16.9 Å². The maximum absolute atomic E-state index is 14.2. The zero-order valence-corrected chi connectivity index (χ0v) is 17.9. The maximum atomic E-state index is 14.2. The van der Waals surface area contributed by atoms with Gasteiger partial charge in [0.25, 0.3) is 5.91 Å². The third-order valence-corrected chi connectivity index (χ3v) is 6.54. The number of amides is 1. The first kappa shape index (κ1) is 20.2. The van der Waals surface area contributed by atoms with Gasteiger partial charge in [0, 0.05) is 53.9 Å². The predicted molar refractivity (Wildman–Crippen MR) is 121 cm³/mol. The lowest BCUT2D eigenvalue weighted by Crippen LogP contribution is -2.32. The first-order chi connectivity index (χ1) is 15.1. The zero-order valence-electron chi connectivity index (χ0n) is 17.1. The molecule has 6 nitrogen and oxygen atoms in total. The molecule has 1 saturated heterocycles.